The van der Waals surface area contributed by atoms with Crippen LogP contribution in [0, 0.1) is 0 Å². The Labute approximate surface area is 153 Å². The molecule has 2 aliphatic rings. The highest BCUT2D eigenvalue weighted by molar-refractivity contribution is 6.30. The molecule has 0 spiro atoms. The molecular formula is C18H25ClN4O2. The molecule has 0 aromatic heterocycles. The smallest absolute Gasteiger partial charge is 0.317 e. The fourth-order valence-corrected chi connectivity index (χ4v) is 3.63. The third-order valence-electron chi connectivity index (χ3n) is 5.15. The highest BCUT2D eigenvalue weighted by Crippen LogP contribution is 2.23. The van der Waals surface area contributed by atoms with Crippen LogP contribution in [0.25, 0.3) is 0 Å². The van der Waals surface area contributed by atoms with Crippen molar-refractivity contribution >= 4 is 29.2 Å². The summed E-state index contributed by atoms with van der Waals surface area (Å²) in [6.45, 7) is 2.51. The largest absolute Gasteiger partial charge is 0.333 e. The van der Waals surface area contributed by atoms with Gasteiger partial charge >= 0.3 is 6.03 Å². The lowest BCUT2D eigenvalue weighted by Gasteiger charge is -2.35. The number of hydrogen-bond acceptors (Lipinski definition) is 3. The van der Waals surface area contributed by atoms with Gasteiger partial charge in [-0.25, -0.2) is 4.79 Å². The standard InChI is InChI=1S/C18H25ClN4O2/c1-21-9-7-15(8-10-21)22(2)18(25)20-14-11-17(24)23(12-14)16-5-3-13(19)4-6-16/h3-6,14-15H,7-12H2,1-2H3,(H,20,25)/t14-/m0/s1. The van der Waals surface area contributed by atoms with Crippen LogP contribution in [0.5, 0.6) is 0 Å². The fraction of sp³-hybridized carbons (Fsp3) is 0.556. The van der Waals surface area contributed by atoms with E-state index in [1.807, 2.05) is 19.2 Å². The normalized spacial score (nSPS) is 22.3. The van der Waals surface area contributed by atoms with E-state index in [1.54, 1.807) is 21.9 Å². The SMILES string of the molecule is CN1CCC(N(C)C(=O)N[C@H]2CC(=O)N(c3ccc(Cl)cc3)C2)CC1. The van der Waals surface area contributed by atoms with Crippen LogP contribution in [0.1, 0.15) is 19.3 Å². The molecule has 3 amide bonds. The molecule has 25 heavy (non-hydrogen) atoms. The Bertz CT molecular complexity index is 628. The van der Waals surface area contributed by atoms with E-state index in [0.717, 1.165) is 31.6 Å². The lowest BCUT2D eigenvalue weighted by molar-refractivity contribution is -0.117. The first-order chi connectivity index (χ1) is 11.9. The number of likely N-dealkylation sites (tertiary alicyclic amines) is 1. The van der Waals surface area contributed by atoms with Gasteiger partial charge in [-0.1, -0.05) is 11.6 Å². The van der Waals surface area contributed by atoms with E-state index in [2.05, 4.69) is 17.3 Å². The van der Waals surface area contributed by atoms with Crippen LogP contribution in [-0.4, -0.2) is 67.6 Å². The number of piperidine rings is 1. The number of nitrogens with one attached hydrogen (secondary N) is 1. The fourth-order valence-electron chi connectivity index (χ4n) is 3.50. The van der Waals surface area contributed by atoms with Gasteiger partial charge in [-0.05, 0) is 57.2 Å². The average molecular weight is 365 g/mol. The Morgan fingerprint density at radius 2 is 1.88 bits per heavy atom. The summed E-state index contributed by atoms with van der Waals surface area (Å²) in [4.78, 5) is 30.6. The van der Waals surface area contributed by atoms with Gasteiger partial charge in [-0.15, -0.1) is 0 Å². The van der Waals surface area contributed by atoms with Gasteiger partial charge in [0.05, 0.1) is 6.04 Å². The molecule has 2 aliphatic heterocycles. The van der Waals surface area contributed by atoms with E-state index in [1.165, 1.54) is 0 Å². The van der Waals surface area contributed by atoms with Gasteiger partial charge in [0.25, 0.3) is 0 Å². The molecular weight excluding hydrogens is 340 g/mol. The van der Waals surface area contributed by atoms with Crippen molar-refractivity contribution in [3.8, 4) is 0 Å². The minimum Gasteiger partial charge on any atom is -0.333 e. The van der Waals surface area contributed by atoms with Crippen molar-refractivity contribution < 1.29 is 9.59 Å². The molecule has 0 aliphatic carbocycles. The van der Waals surface area contributed by atoms with E-state index in [-0.39, 0.29) is 24.0 Å². The number of hydrogen-bond donors (Lipinski definition) is 1. The summed E-state index contributed by atoms with van der Waals surface area (Å²) in [5.74, 6) is 0.0227. The molecule has 0 bridgehead atoms. The number of amides is 3. The number of carbonyl (C=O) groups excluding carboxylic acids is 2. The van der Waals surface area contributed by atoms with E-state index in [0.29, 0.717) is 18.0 Å². The maximum atomic E-state index is 12.5. The van der Waals surface area contributed by atoms with Gasteiger partial charge < -0.3 is 20.0 Å². The van der Waals surface area contributed by atoms with E-state index >= 15 is 0 Å². The summed E-state index contributed by atoms with van der Waals surface area (Å²) >= 11 is 5.90. The summed E-state index contributed by atoms with van der Waals surface area (Å²) < 4.78 is 0. The molecule has 0 radical (unpaired) electrons. The van der Waals surface area contributed by atoms with Crippen molar-refractivity contribution in [3.05, 3.63) is 29.3 Å². The molecule has 3 rings (SSSR count). The quantitative estimate of drug-likeness (QED) is 0.894. The first-order valence-corrected chi connectivity index (χ1v) is 9.09. The van der Waals surface area contributed by atoms with Crippen molar-refractivity contribution in [3.63, 3.8) is 0 Å². The first kappa shape index (κ1) is 18.0. The molecule has 1 aromatic carbocycles. The van der Waals surface area contributed by atoms with Gasteiger partial charge in [0, 0.05) is 36.8 Å². The van der Waals surface area contributed by atoms with Crippen molar-refractivity contribution in [1.82, 2.24) is 15.1 Å². The Kier molecular flexibility index (Phi) is 5.49. The second kappa shape index (κ2) is 7.62. The minimum atomic E-state index is -0.163. The van der Waals surface area contributed by atoms with Gasteiger partial charge in [0.1, 0.15) is 0 Å². The molecule has 7 heteroatoms. The molecule has 136 valence electrons. The molecule has 0 saturated carbocycles. The number of nitrogens with zero attached hydrogens (tertiary/aromatic N) is 3. The van der Waals surface area contributed by atoms with Crippen molar-refractivity contribution in [1.29, 1.82) is 0 Å². The molecule has 6 nitrogen and oxygen atoms in total. The number of halogens is 1. The maximum absolute atomic E-state index is 12.5. The van der Waals surface area contributed by atoms with Crippen LogP contribution in [0.3, 0.4) is 0 Å². The predicted molar refractivity (Wildman–Crippen MR) is 99.0 cm³/mol. The first-order valence-electron chi connectivity index (χ1n) is 8.72. The third kappa shape index (κ3) is 4.25. The summed E-state index contributed by atoms with van der Waals surface area (Å²) in [6.07, 6.45) is 2.30. The summed E-state index contributed by atoms with van der Waals surface area (Å²) in [5, 5.41) is 3.65. The molecule has 0 unspecified atom stereocenters. The zero-order valence-corrected chi connectivity index (χ0v) is 15.5. The molecule has 1 N–H and O–H groups in total. The van der Waals surface area contributed by atoms with Crippen molar-refractivity contribution in [2.75, 3.05) is 38.6 Å². The Hall–Kier alpha value is -1.79. The van der Waals surface area contributed by atoms with Gasteiger partial charge in [-0.2, -0.15) is 0 Å². The van der Waals surface area contributed by atoms with Crippen molar-refractivity contribution in [2.45, 2.75) is 31.3 Å². The highest BCUT2D eigenvalue weighted by Gasteiger charge is 2.33. The molecule has 2 fully saturated rings. The topological polar surface area (TPSA) is 55.9 Å². The van der Waals surface area contributed by atoms with Gasteiger partial charge in [0.15, 0.2) is 0 Å². The Balaban J connectivity index is 1.55. The van der Waals surface area contributed by atoms with Crippen LogP contribution in [-0.2, 0) is 4.79 Å². The second-order valence-electron chi connectivity index (χ2n) is 6.98. The predicted octanol–water partition coefficient (Wildman–Crippen LogP) is 2.18. The summed E-state index contributed by atoms with van der Waals surface area (Å²) in [6, 6.07) is 7.20. The summed E-state index contributed by atoms with van der Waals surface area (Å²) in [7, 11) is 3.95. The molecule has 1 atom stereocenters. The van der Waals surface area contributed by atoms with Crippen molar-refractivity contribution in [2.24, 2.45) is 0 Å². The lowest BCUT2D eigenvalue weighted by atomic mass is 10.0. The molecule has 2 heterocycles. The second-order valence-corrected chi connectivity index (χ2v) is 7.41. The average Bonchev–Trinajstić information content (AvgIpc) is 2.96. The number of anilines is 1. The Morgan fingerprint density at radius 3 is 2.52 bits per heavy atom. The third-order valence-corrected chi connectivity index (χ3v) is 5.40. The maximum Gasteiger partial charge on any atom is 0.317 e. The van der Waals surface area contributed by atoms with E-state index in [4.69, 9.17) is 11.6 Å². The number of rotatable bonds is 3. The lowest BCUT2D eigenvalue weighted by Crippen LogP contribution is -2.50. The van der Waals surface area contributed by atoms with E-state index in [9.17, 15) is 9.59 Å². The molecule has 2 saturated heterocycles. The summed E-state index contributed by atoms with van der Waals surface area (Å²) in [5.41, 5.74) is 0.815. The van der Waals surface area contributed by atoms with E-state index < -0.39 is 0 Å². The van der Waals surface area contributed by atoms with Gasteiger partial charge in [0.2, 0.25) is 5.91 Å². The van der Waals surface area contributed by atoms with Crippen LogP contribution in [0.4, 0.5) is 10.5 Å². The zero-order valence-electron chi connectivity index (χ0n) is 14.7. The highest BCUT2D eigenvalue weighted by atomic mass is 35.5. The Morgan fingerprint density at radius 1 is 1.24 bits per heavy atom. The zero-order chi connectivity index (χ0) is 18.0. The number of urea groups is 1. The van der Waals surface area contributed by atoms with Gasteiger partial charge in [-0.3, -0.25) is 4.79 Å². The van der Waals surface area contributed by atoms with Crippen LogP contribution < -0.4 is 10.2 Å². The minimum absolute atomic E-state index is 0.0227. The number of carbonyl (C=O) groups is 2. The van der Waals surface area contributed by atoms with Crippen LogP contribution >= 0.6 is 11.6 Å². The van der Waals surface area contributed by atoms with Crippen LogP contribution in [0.2, 0.25) is 5.02 Å². The van der Waals surface area contributed by atoms with Crippen LogP contribution in [0.15, 0.2) is 24.3 Å². The molecule has 1 aromatic rings. The monoisotopic (exact) mass is 364 g/mol. The number of benzene rings is 1.